The Hall–Kier alpha value is -0.900. The van der Waals surface area contributed by atoms with E-state index in [9.17, 15) is 9.59 Å². The third-order valence-corrected chi connectivity index (χ3v) is 2.92. The van der Waals surface area contributed by atoms with Crippen LogP contribution in [0.25, 0.3) is 0 Å². The first-order chi connectivity index (χ1) is 7.56. The van der Waals surface area contributed by atoms with E-state index in [4.69, 9.17) is 4.74 Å². The van der Waals surface area contributed by atoms with Gasteiger partial charge in [-0.2, -0.15) is 0 Å². The van der Waals surface area contributed by atoms with E-state index in [0.717, 1.165) is 17.2 Å². The molecule has 0 aromatic carbocycles. The van der Waals surface area contributed by atoms with Crippen molar-refractivity contribution in [1.29, 1.82) is 0 Å². The number of carbonyl (C=O) groups excluding carboxylic acids is 2. The number of rotatable bonds is 6. The van der Waals surface area contributed by atoms with Gasteiger partial charge in [0.1, 0.15) is 6.29 Å². The van der Waals surface area contributed by atoms with Gasteiger partial charge in [-0.15, -0.1) is 0 Å². The van der Waals surface area contributed by atoms with E-state index in [1.807, 2.05) is 13.8 Å². The fourth-order valence-electron chi connectivity index (χ4n) is 1.02. The quantitative estimate of drug-likeness (QED) is 0.429. The van der Waals surface area contributed by atoms with Crippen LogP contribution in [0, 0.1) is 5.92 Å². The monoisotopic (exact) mass is 288 g/mol. The minimum absolute atomic E-state index is 0.370. The summed E-state index contributed by atoms with van der Waals surface area (Å²) in [6.07, 6.45) is 4.94. The topological polar surface area (TPSA) is 43.4 Å². The van der Waals surface area contributed by atoms with E-state index in [2.05, 4.69) is 15.9 Å². The highest BCUT2D eigenvalue weighted by molar-refractivity contribution is 9.11. The van der Waals surface area contributed by atoms with Gasteiger partial charge in [0.05, 0.1) is 12.5 Å². The maximum atomic E-state index is 11.4. The lowest BCUT2D eigenvalue weighted by atomic mass is 10.1. The molecule has 0 N–H and O–H groups in total. The zero-order chi connectivity index (χ0) is 12.6. The molecule has 16 heavy (non-hydrogen) atoms. The van der Waals surface area contributed by atoms with Gasteiger partial charge in [0.2, 0.25) is 0 Å². The van der Waals surface area contributed by atoms with Crippen molar-refractivity contribution in [3.8, 4) is 0 Å². The Balaban J connectivity index is 4.60. The SMILES string of the molecule is C/C=C(/Br)C(C=O)C=C(C)C(=O)OCCC. The summed E-state index contributed by atoms with van der Waals surface area (Å²) in [5.74, 6) is -0.788. The third-order valence-electron chi connectivity index (χ3n) is 1.93. The molecule has 0 aromatic heterocycles. The molecule has 0 spiro atoms. The van der Waals surface area contributed by atoms with Gasteiger partial charge in [-0.25, -0.2) is 4.79 Å². The zero-order valence-electron chi connectivity index (χ0n) is 9.83. The van der Waals surface area contributed by atoms with Crippen LogP contribution in [-0.2, 0) is 14.3 Å². The van der Waals surface area contributed by atoms with Crippen LogP contribution >= 0.6 is 15.9 Å². The van der Waals surface area contributed by atoms with Gasteiger partial charge >= 0.3 is 5.97 Å². The molecule has 0 rings (SSSR count). The molecule has 0 saturated heterocycles. The van der Waals surface area contributed by atoms with Crippen molar-refractivity contribution < 1.29 is 14.3 Å². The van der Waals surface area contributed by atoms with Gasteiger partial charge in [0, 0.05) is 10.1 Å². The molecule has 0 aliphatic rings. The number of aldehydes is 1. The Bertz CT molecular complexity index is 305. The molecule has 0 amide bonds. The highest BCUT2D eigenvalue weighted by Crippen LogP contribution is 2.18. The lowest BCUT2D eigenvalue weighted by molar-refractivity contribution is -0.139. The Morgan fingerprint density at radius 3 is 2.56 bits per heavy atom. The molecule has 0 aliphatic carbocycles. The summed E-state index contributed by atoms with van der Waals surface area (Å²) in [5.41, 5.74) is 0.448. The van der Waals surface area contributed by atoms with E-state index in [1.54, 1.807) is 19.1 Å². The Morgan fingerprint density at radius 2 is 2.12 bits per heavy atom. The second-order valence-corrected chi connectivity index (χ2v) is 4.24. The van der Waals surface area contributed by atoms with Crippen molar-refractivity contribution in [3.05, 3.63) is 22.2 Å². The number of allylic oxidation sites excluding steroid dienone is 3. The number of hydrogen-bond acceptors (Lipinski definition) is 3. The molecular weight excluding hydrogens is 272 g/mol. The molecule has 0 aromatic rings. The molecule has 1 atom stereocenters. The van der Waals surface area contributed by atoms with Gasteiger partial charge < -0.3 is 9.53 Å². The Morgan fingerprint density at radius 1 is 1.50 bits per heavy atom. The van der Waals surface area contributed by atoms with Crippen molar-refractivity contribution in [2.75, 3.05) is 6.61 Å². The molecule has 0 bridgehead atoms. The summed E-state index contributed by atoms with van der Waals surface area (Å²) < 4.78 is 5.69. The van der Waals surface area contributed by atoms with Crippen LogP contribution in [0.2, 0.25) is 0 Å². The van der Waals surface area contributed by atoms with Gasteiger partial charge in [0.15, 0.2) is 0 Å². The van der Waals surface area contributed by atoms with Crippen LogP contribution < -0.4 is 0 Å². The van der Waals surface area contributed by atoms with Crippen molar-refractivity contribution in [1.82, 2.24) is 0 Å². The van der Waals surface area contributed by atoms with E-state index < -0.39 is 5.92 Å². The van der Waals surface area contributed by atoms with Gasteiger partial charge in [-0.1, -0.05) is 35.0 Å². The summed E-state index contributed by atoms with van der Waals surface area (Å²) in [4.78, 5) is 22.2. The molecule has 0 radical (unpaired) electrons. The second kappa shape index (κ2) is 8.28. The van der Waals surface area contributed by atoms with Crippen LogP contribution in [-0.4, -0.2) is 18.9 Å². The van der Waals surface area contributed by atoms with Crippen molar-refractivity contribution in [2.24, 2.45) is 5.92 Å². The molecule has 90 valence electrons. The van der Waals surface area contributed by atoms with Crippen LogP contribution in [0.1, 0.15) is 27.2 Å². The smallest absolute Gasteiger partial charge is 0.333 e. The van der Waals surface area contributed by atoms with Crippen LogP contribution in [0.15, 0.2) is 22.2 Å². The van der Waals surface area contributed by atoms with E-state index in [-0.39, 0.29) is 5.97 Å². The first kappa shape index (κ1) is 15.1. The Labute approximate surface area is 105 Å². The average Bonchev–Trinajstić information content (AvgIpc) is 2.31. The first-order valence-corrected chi connectivity index (χ1v) is 5.98. The maximum absolute atomic E-state index is 11.4. The van der Waals surface area contributed by atoms with E-state index in [0.29, 0.717) is 12.2 Å². The van der Waals surface area contributed by atoms with Gasteiger partial charge in [0.25, 0.3) is 0 Å². The van der Waals surface area contributed by atoms with Crippen molar-refractivity contribution >= 4 is 28.2 Å². The summed E-state index contributed by atoms with van der Waals surface area (Å²) in [6.45, 7) is 5.79. The molecular formula is C12H17BrO3. The standard InChI is InChI=1S/C12H17BrO3/c1-4-6-16-12(15)9(3)7-10(8-14)11(13)5-2/h5,7-8,10H,4,6H2,1-3H3/b9-7?,11-5+. The lowest BCUT2D eigenvalue weighted by Gasteiger charge is -2.06. The molecule has 4 heteroatoms. The molecule has 0 heterocycles. The molecule has 3 nitrogen and oxygen atoms in total. The molecule has 1 unspecified atom stereocenters. The van der Waals surface area contributed by atoms with Crippen LogP contribution in [0.5, 0.6) is 0 Å². The minimum atomic E-state index is -0.417. The summed E-state index contributed by atoms with van der Waals surface area (Å²) >= 11 is 3.27. The second-order valence-electron chi connectivity index (χ2n) is 3.32. The first-order valence-electron chi connectivity index (χ1n) is 5.19. The normalized spacial score (nSPS) is 14.5. The number of ether oxygens (including phenoxy) is 1. The van der Waals surface area contributed by atoms with Gasteiger partial charge in [-0.3, -0.25) is 0 Å². The van der Waals surface area contributed by atoms with E-state index in [1.165, 1.54) is 0 Å². The molecule has 0 saturated carbocycles. The number of esters is 1. The summed E-state index contributed by atoms with van der Waals surface area (Å²) in [5, 5.41) is 0. The lowest BCUT2D eigenvalue weighted by Crippen LogP contribution is -2.09. The van der Waals surface area contributed by atoms with Gasteiger partial charge in [-0.05, 0) is 20.3 Å². The largest absolute Gasteiger partial charge is 0.462 e. The summed E-state index contributed by atoms with van der Waals surface area (Å²) in [6, 6.07) is 0. The maximum Gasteiger partial charge on any atom is 0.333 e. The summed E-state index contributed by atoms with van der Waals surface area (Å²) in [7, 11) is 0. The van der Waals surface area contributed by atoms with Crippen LogP contribution in [0.3, 0.4) is 0 Å². The van der Waals surface area contributed by atoms with Crippen molar-refractivity contribution in [2.45, 2.75) is 27.2 Å². The molecule has 0 aliphatic heterocycles. The highest BCUT2D eigenvalue weighted by atomic mass is 79.9. The predicted molar refractivity (Wildman–Crippen MR) is 67.2 cm³/mol. The number of carbonyl (C=O) groups is 2. The number of halogens is 1. The zero-order valence-corrected chi connectivity index (χ0v) is 11.4. The fourth-order valence-corrected chi connectivity index (χ4v) is 1.26. The van der Waals surface area contributed by atoms with Crippen molar-refractivity contribution in [3.63, 3.8) is 0 Å². The predicted octanol–water partition coefficient (Wildman–Crippen LogP) is 3.00. The fraction of sp³-hybridized carbons (Fsp3) is 0.500. The minimum Gasteiger partial charge on any atom is -0.462 e. The highest BCUT2D eigenvalue weighted by Gasteiger charge is 2.11. The van der Waals surface area contributed by atoms with Crippen LogP contribution in [0.4, 0.5) is 0 Å². The number of hydrogen-bond donors (Lipinski definition) is 0. The van der Waals surface area contributed by atoms with E-state index >= 15 is 0 Å². The molecule has 0 fully saturated rings. The average molecular weight is 289 g/mol. The third kappa shape index (κ3) is 5.26. The Kier molecular flexibility index (Phi) is 7.81.